The molecule has 4 heteroatoms. The maximum absolute atomic E-state index is 11.2. The Morgan fingerprint density at radius 1 is 1.37 bits per heavy atom. The number of rotatable bonds is 4. The van der Waals surface area contributed by atoms with E-state index in [1.807, 2.05) is 25.2 Å². The van der Waals surface area contributed by atoms with Gasteiger partial charge in [-0.1, -0.05) is 37.3 Å². The van der Waals surface area contributed by atoms with Crippen molar-refractivity contribution in [3.63, 3.8) is 0 Å². The van der Waals surface area contributed by atoms with Crippen LogP contribution < -0.4 is 0 Å². The number of benzene rings is 1. The zero-order chi connectivity index (χ0) is 13.8. The molecule has 1 saturated heterocycles. The summed E-state index contributed by atoms with van der Waals surface area (Å²) < 4.78 is 0. The maximum Gasteiger partial charge on any atom is 0.307 e. The van der Waals surface area contributed by atoms with Crippen LogP contribution in [0.3, 0.4) is 0 Å². The molecule has 0 radical (unpaired) electrons. The first-order valence-electron chi connectivity index (χ1n) is 6.77. The van der Waals surface area contributed by atoms with Crippen molar-refractivity contribution in [2.45, 2.75) is 19.5 Å². The summed E-state index contributed by atoms with van der Waals surface area (Å²) in [6, 6.07) is 10.4. The van der Waals surface area contributed by atoms with E-state index in [2.05, 4.69) is 21.9 Å². The third kappa shape index (κ3) is 3.55. The summed E-state index contributed by atoms with van der Waals surface area (Å²) in [5, 5.41) is 9.18. The largest absolute Gasteiger partial charge is 0.481 e. The standard InChI is InChI=1S/C15H22N2O2/c1-12(15(18)19)14-11-17(9-8-16(14)2)10-13-6-4-3-5-7-13/h3-7,12,14H,8-11H2,1-2H3,(H,18,19). The Labute approximate surface area is 114 Å². The van der Waals surface area contributed by atoms with Crippen molar-refractivity contribution >= 4 is 5.97 Å². The highest BCUT2D eigenvalue weighted by molar-refractivity contribution is 5.70. The second-order valence-electron chi connectivity index (χ2n) is 5.40. The van der Waals surface area contributed by atoms with Gasteiger partial charge in [-0.3, -0.25) is 9.69 Å². The smallest absolute Gasteiger partial charge is 0.307 e. The quantitative estimate of drug-likeness (QED) is 0.893. The number of nitrogens with zero attached hydrogens (tertiary/aromatic N) is 2. The second-order valence-corrected chi connectivity index (χ2v) is 5.40. The third-order valence-corrected chi connectivity index (χ3v) is 4.00. The molecule has 104 valence electrons. The number of hydrogen-bond donors (Lipinski definition) is 1. The number of carboxylic acids is 1. The fraction of sp³-hybridized carbons (Fsp3) is 0.533. The molecular weight excluding hydrogens is 240 g/mol. The van der Waals surface area contributed by atoms with E-state index in [4.69, 9.17) is 0 Å². The summed E-state index contributed by atoms with van der Waals surface area (Å²) in [6.07, 6.45) is 0. The molecule has 2 atom stereocenters. The molecule has 2 rings (SSSR count). The van der Waals surface area contributed by atoms with Crippen molar-refractivity contribution in [2.75, 3.05) is 26.7 Å². The highest BCUT2D eigenvalue weighted by Crippen LogP contribution is 2.18. The minimum Gasteiger partial charge on any atom is -0.481 e. The molecule has 1 aliphatic rings. The summed E-state index contributed by atoms with van der Waals surface area (Å²) in [5.41, 5.74) is 1.29. The van der Waals surface area contributed by atoms with Crippen LogP contribution >= 0.6 is 0 Å². The van der Waals surface area contributed by atoms with Gasteiger partial charge in [0.25, 0.3) is 0 Å². The lowest BCUT2D eigenvalue weighted by molar-refractivity contribution is -0.144. The molecule has 1 aliphatic heterocycles. The topological polar surface area (TPSA) is 43.8 Å². The summed E-state index contributed by atoms with van der Waals surface area (Å²) in [6.45, 7) is 5.44. The van der Waals surface area contributed by atoms with Gasteiger partial charge in [-0.25, -0.2) is 0 Å². The summed E-state index contributed by atoms with van der Waals surface area (Å²) in [5.74, 6) is -1.04. The minimum absolute atomic E-state index is 0.0926. The van der Waals surface area contributed by atoms with Gasteiger partial charge < -0.3 is 10.0 Å². The SMILES string of the molecule is CC(C(=O)O)C1CN(Cc2ccccc2)CCN1C. The molecule has 0 spiro atoms. The highest BCUT2D eigenvalue weighted by atomic mass is 16.4. The highest BCUT2D eigenvalue weighted by Gasteiger charge is 2.32. The number of aliphatic carboxylic acids is 1. The molecule has 1 aromatic rings. The van der Waals surface area contributed by atoms with Crippen LogP contribution in [0.2, 0.25) is 0 Å². The average molecular weight is 262 g/mol. The number of likely N-dealkylation sites (N-methyl/N-ethyl adjacent to an activating group) is 1. The van der Waals surface area contributed by atoms with Crippen LogP contribution in [0.15, 0.2) is 30.3 Å². The minimum atomic E-state index is -0.710. The van der Waals surface area contributed by atoms with Crippen molar-refractivity contribution in [1.29, 1.82) is 0 Å². The molecule has 19 heavy (non-hydrogen) atoms. The maximum atomic E-state index is 11.2. The van der Waals surface area contributed by atoms with Crippen LogP contribution in [-0.2, 0) is 11.3 Å². The van der Waals surface area contributed by atoms with E-state index < -0.39 is 5.97 Å². The zero-order valence-corrected chi connectivity index (χ0v) is 11.6. The molecule has 2 unspecified atom stereocenters. The Kier molecular flexibility index (Phi) is 4.56. The first-order chi connectivity index (χ1) is 9.08. The average Bonchev–Trinajstić information content (AvgIpc) is 2.41. The van der Waals surface area contributed by atoms with Gasteiger partial charge in [-0.15, -0.1) is 0 Å². The lowest BCUT2D eigenvalue weighted by Gasteiger charge is -2.41. The van der Waals surface area contributed by atoms with Crippen molar-refractivity contribution < 1.29 is 9.90 Å². The van der Waals surface area contributed by atoms with E-state index in [9.17, 15) is 9.90 Å². The molecule has 1 fully saturated rings. The van der Waals surface area contributed by atoms with Crippen LogP contribution in [0.5, 0.6) is 0 Å². The van der Waals surface area contributed by atoms with E-state index in [0.29, 0.717) is 0 Å². The Hall–Kier alpha value is -1.39. The van der Waals surface area contributed by atoms with Crippen molar-refractivity contribution in [1.82, 2.24) is 9.80 Å². The Morgan fingerprint density at radius 2 is 2.05 bits per heavy atom. The van der Waals surface area contributed by atoms with E-state index in [1.54, 1.807) is 6.92 Å². The van der Waals surface area contributed by atoms with E-state index in [1.165, 1.54) is 5.56 Å². The molecule has 1 aromatic carbocycles. The van der Waals surface area contributed by atoms with Crippen LogP contribution in [-0.4, -0.2) is 53.6 Å². The predicted molar refractivity (Wildman–Crippen MR) is 74.9 cm³/mol. The first-order valence-corrected chi connectivity index (χ1v) is 6.77. The fourth-order valence-corrected chi connectivity index (χ4v) is 2.65. The van der Waals surface area contributed by atoms with Gasteiger partial charge in [0.15, 0.2) is 0 Å². The first kappa shape index (κ1) is 14.0. The van der Waals surface area contributed by atoms with E-state index in [-0.39, 0.29) is 12.0 Å². The molecule has 0 bridgehead atoms. The van der Waals surface area contributed by atoms with Crippen molar-refractivity contribution in [3.05, 3.63) is 35.9 Å². The van der Waals surface area contributed by atoms with Crippen molar-refractivity contribution in [3.8, 4) is 0 Å². The zero-order valence-electron chi connectivity index (χ0n) is 11.6. The van der Waals surface area contributed by atoms with Crippen molar-refractivity contribution in [2.24, 2.45) is 5.92 Å². The Balaban J connectivity index is 1.99. The van der Waals surface area contributed by atoms with Gasteiger partial charge in [-0.05, 0) is 12.6 Å². The molecule has 0 aromatic heterocycles. The lowest BCUT2D eigenvalue weighted by atomic mass is 9.98. The Bertz CT molecular complexity index is 421. The van der Waals surface area contributed by atoms with Gasteiger partial charge in [0.1, 0.15) is 0 Å². The second kappa shape index (κ2) is 6.17. The molecule has 0 amide bonds. The van der Waals surface area contributed by atoms with Gasteiger partial charge in [0, 0.05) is 32.2 Å². The van der Waals surface area contributed by atoms with Gasteiger partial charge in [0.2, 0.25) is 0 Å². The molecule has 1 N–H and O–H groups in total. The number of piperazine rings is 1. The van der Waals surface area contributed by atoms with Gasteiger partial charge >= 0.3 is 5.97 Å². The van der Waals surface area contributed by atoms with E-state index >= 15 is 0 Å². The third-order valence-electron chi connectivity index (χ3n) is 4.00. The number of hydrogen-bond acceptors (Lipinski definition) is 3. The predicted octanol–water partition coefficient (Wildman–Crippen LogP) is 1.52. The van der Waals surface area contributed by atoms with Gasteiger partial charge in [0.05, 0.1) is 5.92 Å². The fourth-order valence-electron chi connectivity index (χ4n) is 2.65. The molecule has 4 nitrogen and oxygen atoms in total. The van der Waals surface area contributed by atoms with Crippen LogP contribution in [0.1, 0.15) is 12.5 Å². The normalized spacial score (nSPS) is 23.2. The van der Waals surface area contributed by atoms with Crippen LogP contribution in [0.4, 0.5) is 0 Å². The Morgan fingerprint density at radius 3 is 2.68 bits per heavy atom. The van der Waals surface area contributed by atoms with Gasteiger partial charge in [-0.2, -0.15) is 0 Å². The summed E-state index contributed by atoms with van der Waals surface area (Å²) in [7, 11) is 2.02. The van der Waals surface area contributed by atoms with Crippen LogP contribution in [0, 0.1) is 5.92 Å². The summed E-state index contributed by atoms with van der Waals surface area (Å²) in [4.78, 5) is 15.7. The molecule has 1 heterocycles. The number of carboxylic acid groups (broad SMARTS) is 1. The monoisotopic (exact) mass is 262 g/mol. The lowest BCUT2D eigenvalue weighted by Crippen LogP contribution is -2.54. The molecule has 0 saturated carbocycles. The molecule has 0 aliphatic carbocycles. The van der Waals surface area contributed by atoms with Crippen LogP contribution in [0.25, 0.3) is 0 Å². The molecular formula is C15H22N2O2. The van der Waals surface area contributed by atoms with E-state index in [0.717, 1.165) is 26.2 Å². The summed E-state index contributed by atoms with van der Waals surface area (Å²) >= 11 is 0. The number of carbonyl (C=O) groups is 1.